The molecule has 172 valence electrons. The summed E-state index contributed by atoms with van der Waals surface area (Å²) in [5.41, 5.74) is 0.986. The fourth-order valence-electron chi connectivity index (χ4n) is 4.85. The van der Waals surface area contributed by atoms with E-state index in [9.17, 15) is 9.59 Å². The predicted octanol–water partition coefficient (Wildman–Crippen LogP) is 2.37. The van der Waals surface area contributed by atoms with E-state index < -0.39 is 0 Å². The number of piperidine rings is 1. The Morgan fingerprint density at radius 3 is 2.41 bits per heavy atom. The lowest BCUT2D eigenvalue weighted by molar-refractivity contribution is -0.147. The van der Waals surface area contributed by atoms with E-state index in [1.165, 1.54) is 0 Å². The smallest absolute Gasteiger partial charge is 0.251 e. The number of thiazole rings is 1. The first-order valence-electron chi connectivity index (χ1n) is 11.5. The second-order valence-corrected chi connectivity index (χ2v) is 9.75. The number of fused-ring (bicyclic) bond motifs is 1. The second kappa shape index (κ2) is 9.23. The van der Waals surface area contributed by atoms with Gasteiger partial charge in [0.1, 0.15) is 11.9 Å². The molecule has 4 heterocycles. The van der Waals surface area contributed by atoms with E-state index in [2.05, 4.69) is 4.90 Å². The number of anilines is 1. The number of rotatable bonds is 4. The van der Waals surface area contributed by atoms with E-state index in [4.69, 9.17) is 14.5 Å². The highest BCUT2D eigenvalue weighted by atomic mass is 32.1. The highest BCUT2D eigenvalue weighted by Gasteiger charge is 2.34. The van der Waals surface area contributed by atoms with E-state index in [1.807, 2.05) is 28.0 Å². The molecule has 3 aliphatic rings. The van der Waals surface area contributed by atoms with Gasteiger partial charge in [0.25, 0.3) is 5.91 Å². The van der Waals surface area contributed by atoms with Crippen molar-refractivity contribution in [3.05, 3.63) is 18.2 Å². The Bertz CT molecular complexity index is 974. The molecular weight excluding hydrogens is 428 g/mol. The maximum atomic E-state index is 13.1. The third kappa shape index (κ3) is 4.28. The summed E-state index contributed by atoms with van der Waals surface area (Å²) in [5, 5.41) is 1.01. The normalized spacial score (nSPS) is 22.5. The van der Waals surface area contributed by atoms with E-state index in [1.54, 1.807) is 18.4 Å². The summed E-state index contributed by atoms with van der Waals surface area (Å²) < 4.78 is 12.0. The summed E-state index contributed by atoms with van der Waals surface area (Å²) in [6, 6.07) is 5.95. The Kier molecular flexibility index (Phi) is 6.19. The molecule has 0 spiro atoms. The zero-order chi connectivity index (χ0) is 22.1. The van der Waals surface area contributed by atoms with Gasteiger partial charge >= 0.3 is 0 Å². The van der Waals surface area contributed by atoms with Gasteiger partial charge in [0.15, 0.2) is 5.13 Å². The van der Waals surface area contributed by atoms with Crippen molar-refractivity contribution in [2.75, 3.05) is 57.9 Å². The van der Waals surface area contributed by atoms with Crippen molar-refractivity contribution in [2.45, 2.75) is 31.8 Å². The maximum Gasteiger partial charge on any atom is 0.251 e. The molecule has 1 unspecified atom stereocenters. The van der Waals surface area contributed by atoms with E-state index >= 15 is 0 Å². The number of hydrogen-bond acceptors (Lipinski definition) is 7. The van der Waals surface area contributed by atoms with Crippen LogP contribution in [0.5, 0.6) is 5.75 Å². The van der Waals surface area contributed by atoms with Crippen molar-refractivity contribution in [2.24, 2.45) is 5.92 Å². The predicted molar refractivity (Wildman–Crippen MR) is 123 cm³/mol. The van der Waals surface area contributed by atoms with Crippen molar-refractivity contribution in [1.82, 2.24) is 14.8 Å². The van der Waals surface area contributed by atoms with Gasteiger partial charge in [-0.25, -0.2) is 4.98 Å². The lowest BCUT2D eigenvalue weighted by Gasteiger charge is -2.39. The third-order valence-corrected chi connectivity index (χ3v) is 7.89. The molecule has 1 aromatic carbocycles. The molecule has 3 fully saturated rings. The molecule has 3 saturated heterocycles. The monoisotopic (exact) mass is 458 g/mol. The Labute approximate surface area is 192 Å². The first kappa shape index (κ1) is 21.5. The number of piperazine rings is 1. The largest absolute Gasteiger partial charge is 0.497 e. The molecule has 0 radical (unpaired) electrons. The fourth-order valence-corrected chi connectivity index (χ4v) is 5.90. The molecule has 1 aromatic heterocycles. The Morgan fingerprint density at radius 1 is 1.03 bits per heavy atom. The van der Waals surface area contributed by atoms with Crippen LogP contribution in [0.25, 0.3) is 10.2 Å². The highest BCUT2D eigenvalue weighted by Crippen LogP contribution is 2.33. The van der Waals surface area contributed by atoms with E-state index in [0.717, 1.165) is 59.9 Å². The molecule has 0 saturated carbocycles. The van der Waals surface area contributed by atoms with Gasteiger partial charge in [0, 0.05) is 51.8 Å². The zero-order valence-electron chi connectivity index (χ0n) is 18.5. The SMILES string of the molecule is COc1ccc2nc(N3CCC(C(=O)N4CCN(C(=O)C5CCCO5)CC4)CC3)sc2c1. The zero-order valence-corrected chi connectivity index (χ0v) is 19.3. The number of methoxy groups -OCH3 is 1. The molecule has 5 rings (SSSR count). The molecule has 2 aromatic rings. The number of nitrogens with zero attached hydrogens (tertiary/aromatic N) is 4. The number of benzene rings is 1. The van der Waals surface area contributed by atoms with Crippen molar-refractivity contribution in [1.29, 1.82) is 0 Å². The van der Waals surface area contributed by atoms with Crippen LogP contribution in [0.3, 0.4) is 0 Å². The highest BCUT2D eigenvalue weighted by molar-refractivity contribution is 7.22. The van der Waals surface area contributed by atoms with Gasteiger partial charge in [-0.3, -0.25) is 9.59 Å². The van der Waals surface area contributed by atoms with Crippen molar-refractivity contribution >= 4 is 38.5 Å². The summed E-state index contributed by atoms with van der Waals surface area (Å²) in [4.78, 5) is 36.5. The summed E-state index contributed by atoms with van der Waals surface area (Å²) >= 11 is 1.68. The molecule has 0 N–H and O–H groups in total. The number of carbonyl (C=O) groups is 2. The van der Waals surface area contributed by atoms with Gasteiger partial charge in [-0.2, -0.15) is 0 Å². The number of carbonyl (C=O) groups excluding carboxylic acids is 2. The van der Waals surface area contributed by atoms with Gasteiger partial charge < -0.3 is 24.2 Å². The lowest BCUT2D eigenvalue weighted by Crippen LogP contribution is -2.54. The molecule has 32 heavy (non-hydrogen) atoms. The summed E-state index contributed by atoms with van der Waals surface area (Å²) in [7, 11) is 1.67. The van der Waals surface area contributed by atoms with Crippen LogP contribution in [-0.2, 0) is 14.3 Å². The van der Waals surface area contributed by atoms with Crippen LogP contribution in [-0.4, -0.2) is 85.7 Å². The topological polar surface area (TPSA) is 75.2 Å². The van der Waals surface area contributed by atoms with Gasteiger partial charge in [0.05, 0.1) is 17.3 Å². The van der Waals surface area contributed by atoms with Crippen LogP contribution < -0.4 is 9.64 Å². The number of hydrogen-bond donors (Lipinski definition) is 0. The minimum Gasteiger partial charge on any atom is -0.497 e. The lowest BCUT2D eigenvalue weighted by atomic mass is 9.95. The first-order chi connectivity index (χ1) is 15.6. The van der Waals surface area contributed by atoms with E-state index in [0.29, 0.717) is 32.8 Å². The van der Waals surface area contributed by atoms with Crippen LogP contribution in [0.1, 0.15) is 25.7 Å². The Morgan fingerprint density at radius 2 is 1.75 bits per heavy atom. The molecule has 9 heteroatoms. The Hall–Kier alpha value is -2.39. The third-order valence-electron chi connectivity index (χ3n) is 6.81. The molecule has 8 nitrogen and oxygen atoms in total. The van der Waals surface area contributed by atoms with Crippen LogP contribution in [0.15, 0.2) is 18.2 Å². The minimum absolute atomic E-state index is 0.0566. The fraction of sp³-hybridized carbons (Fsp3) is 0.609. The molecule has 2 amide bonds. The van der Waals surface area contributed by atoms with Gasteiger partial charge in [-0.1, -0.05) is 11.3 Å². The standard InChI is InChI=1S/C23H30N4O4S/c1-30-17-4-5-18-20(15-17)32-23(24-18)27-8-6-16(7-9-27)21(28)25-10-12-26(13-11-25)22(29)19-3-2-14-31-19/h4-5,15-16,19H,2-3,6-14H2,1H3. The Balaban J connectivity index is 1.13. The van der Waals surface area contributed by atoms with Crippen LogP contribution in [0.4, 0.5) is 5.13 Å². The summed E-state index contributed by atoms with van der Waals surface area (Å²) in [5.74, 6) is 1.23. The van der Waals surface area contributed by atoms with Gasteiger partial charge in [-0.05, 0) is 43.9 Å². The second-order valence-electron chi connectivity index (χ2n) is 8.74. The van der Waals surface area contributed by atoms with Crippen molar-refractivity contribution in [3.8, 4) is 5.75 Å². The quantitative estimate of drug-likeness (QED) is 0.700. The molecule has 3 aliphatic heterocycles. The van der Waals surface area contributed by atoms with Gasteiger partial charge in [-0.15, -0.1) is 0 Å². The molecule has 1 atom stereocenters. The average Bonchev–Trinajstić information content (AvgIpc) is 3.53. The molecule has 0 bridgehead atoms. The van der Waals surface area contributed by atoms with Crippen LogP contribution in [0.2, 0.25) is 0 Å². The van der Waals surface area contributed by atoms with Crippen LogP contribution in [0, 0.1) is 5.92 Å². The molecule has 0 aliphatic carbocycles. The van der Waals surface area contributed by atoms with Crippen molar-refractivity contribution < 1.29 is 19.1 Å². The summed E-state index contributed by atoms with van der Waals surface area (Å²) in [6.45, 7) is 4.82. The first-order valence-corrected chi connectivity index (χ1v) is 12.3. The van der Waals surface area contributed by atoms with Crippen LogP contribution >= 0.6 is 11.3 Å². The maximum absolute atomic E-state index is 13.1. The molecular formula is C23H30N4O4S. The van der Waals surface area contributed by atoms with Crippen molar-refractivity contribution in [3.63, 3.8) is 0 Å². The number of amides is 2. The average molecular weight is 459 g/mol. The summed E-state index contributed by atoms with van der Waals surface area (Å²) in [6.07, 6.45) is 3.18. The van der Waals surface area contributed by atoms with E-state index in [-0.39, 0.29) is 23.8 Å². The number of ether oxygens (including phenoxy) is 2. The number of aromatic nitrogens is 1. The van der Waals surface area contributed by atoms with Gasteiger partial charge in [0.2, 0.25) is 5.91 Å². The minimum atomic E-state index is -0.273.